The van der Waals surface area contributed by atoms with Crippen LogP contribution in [0.2, 0.25) is 0 Å². The zero-order chi connectivity index (χ0) is 25.2. The lowest BCUT2D eigenvalue weighted by Gasteiger charge is -2.17. The molecule has 1 saturated carbocycles. The average molecular weight is 488 g/mol. The number of aromatic nitrogens is 7. The van der Waals surface area contributed by atoms with E-state index in [-0.39, 0.29) is 29.5 Å². The number of aliphatic carboxylic acids is 1. The van der Waals surface area contributed by atoms with Gasteiger partial charge in [0.1, 0.15) is 0 Å². The van der Waals surface area contributed by atoms with E-state index in [2.05, 4.69) is 32.5 Å². The number of imidazole rings is 1. The van der Waals surface area contributed by atoms with Crippen LogP contribution in [0, 0.1) is 17.8 Å². The molecule has 0 saturated heterocycles. The lowest BCUT2D eigenvalue weighted by Crippen LogP contribution is -2.29. The van der Waals surface area contributed by atoms with Crippen molar-refractivity contribution in [1.29, 1.82) is 0 Å². The van der Waals surface area contributed by atoms with Gasteiger partial charge in [0.05, 0.1) is 18.2 Å². The first kappa shape index (κ1) is 23.7. The number of nitrogens with zero attached hydrogens (tertiary/aromatic N) is 6. The van der Waals surface area contributed by atoms with E-state index < -0.39 is 5.97 Å². The van der Waals surface area contributed by atoms with Crippen molar-refractivity contribution in [2.24, 2.45) is 17.8 Å². The van der Waals surface area contributed by atoms with Gasteiger partial charge >= 0.3 is 11.7 Å². The molecule has 10 nitrogen and oxygen atoms in total. The van der Waals surface area contributed by atoms with E-state index in [9.17, 15) is 14.7 Å². The Morgan fingerprint density at radius 1 is 1.14 bits per heavy atom. The summed E-state index contributed by atoms with van der Waals surface area (Å²) in [6.07, 6.45) is 7.82. The van der Waals surface area contributed by atoms with E-state index in [1.54, 1.807) is 27.7 Å². The Balaban J connectivity index is 1.36. The number of nitrogens with one attached hydrogen (secondary N) is 1. The van der Waals surface area contributed by atoms with Crippen molar-refractivity contribution < 1.29 is 9.90 Å². The van der Waals surface area contributed by atoms with E-state index in [1.165, 1.54) is 0 Å². The molecular weight excluding hydrogens is 458 g/mol. The Morgan fingerprint density at radius 2 is 1.94 bits per heavy atom. The minimum Gasteiger partial charge on any atom is -0.481 e. The molecule has 1 aliphatic rings. The molecule has 5 rings (SSSR count). The van der Waals surface area contributed by atoms with Crippen LogP contribution in [-0.4, -0.2) is 45.8 Å². The van der Waals surface area contributed by atoms with Gasteiger partial charge in [-0.1, -0.05) is 57.0 Å². The minimum atomic E-state index is -0.758. The number of tetrazole rings is 1. The second-order valence-electron chi connectivity index (χ2n) is 9.32. The average Bonchev–Trinajstić information content (AvgIpc) is 3.17. The number of hydrogen-bond donors (Lipinski definition) is 2. The molecule has 10 heteroatoms. The van der Waals surface area contributed by atoms with Gasteiger partial charge in [0.25, 0.3) is 0 Å². The minimum absolute atomic E-state index is 0.00182. The summed E-state index contributed by atoms with van der Waals surface area (Å²) in [6.45, 7) is 4.42. The smallest absolute Gasteiger partial charge is 0.328 e. The van der Waals surface area contributed by atoms with Gasteiger partial charge in [-0.2, -0.15) is 0 Å². The molecule has 1 aliphatic carbocycles. The van der Waals surface area contributed by atoms with Crippen molar-refractivity contribution in [3.8, 4) is 22.5 Å². The van der Waals surface area contributed by atoms with Crippen LogP contribution in [0.15, 0.2) is 59.8 Å². The third-order valence-corrected chi connectivity index (χ3v) is 7.24. The number of aromatic amines is 1. The Hall–Kier alpha value is -4.08. The van der Waals surface area contributed by atoms with E-state index in [4.69, 9.17) is 0 Å². The van der Waals surface area contributed by atoms with Crippen LogP contribution in [-0.2, 0) is 11.3 Å². The number of carbonyl (C=O) groups is 1. The van der Waals surface area contributed by atoms with Gasteiger partial charge in [-0.25, -0.2) is 9.89 Å². The number of carboxylic acid groups (broad SMARTS) is 1. The number of benzene rings is 1. The van der Waals surface area contributed by atoms with Gasteiger partial charge in [0.2, 0.25) is 0 Å². The summed E-state index contributed by atoms with van der Waals surface area (Å²) in [6, 6.07) is 11.6. The first-order valence-corrected chi connectivity index (χ1v) is 12.3. The maximum Gasteiger partial charge on any atom is 0.328 e. The van der Waals surface area contributed by atoms with Gasteiger partial charge in [-0.15, -0.1) is 5.10 Å². The normalized spacial score (nSPS) is 19.8. The number of carboxylic acids is 1. The number of hydrogen-bond acceptors (Lipinski definition) is 6. The highest BCUT2D eigenvalue weighted by molar-refractivity contribution is 5.79. The summed E-state index contributed by atoms with van der Waals surface area (Å²) in [4.78, 5) is 29.6. The molecule has 0 spiro atoms. The molecule has 36 heavy (non-hydrogen) atoms. The summed E-state index contributed by atoms with van der Waals surface area (Å²) in [5.41, 5.74) is 3.36. The Labute approximate surface area is 208 Å². The molecule has 0 radical (unpaired) electrons. The maximum atomic E-state index is 13.3. The first-order valence-electron chi connectivity index (χ1n) is 12.3. The van der Waals surface area contributed by atoms with Crippen LogP contribution in [0.4, 0.5) is 0 Å². The van der Waals surface area contributed by atoms with Gasteiger partial charge in [0.15, 0.2) is 5.82 Å². The number of pyridine rings is 1. The van der Waals surface area contributed by atoms with Crippen LogP contribution >= 0.6 is 0 Å². The molecule has 0 aliphatic heterocycles. The van der Waals surface area contributed by atoms with Crippen molar-refractivity contribution in [2.75, 3.05) is 0 Å². The first-order chi connectivity index (χ1) is 17.5. The largest absolute Gasteiger partial charge is 0.481 e. The van der Waals surface area contributed by atoms with Crippen LogP contribution in [0.3, 0.4) is 0 Å². The fraction of sp³-hybridized carbons (Fsp3) is 0.385. The number of rotatable bonds is 10. The van der Waals surface area contributed by atoms with E-state index in [0.29, 0.717) is 12.4 Å². The topological polar surface area (TPSA) is 132 Å². The summed E-state index contributed by atoms with van der Waals surface area (Å²) in [5.74, 6) is -0.426. The summed E-state index contributed by atoms with van der Waals surface area (Å²) >= 11 is 0. The SMILES string of the molecule is CCCC(C1C(CC)C1C(=O)O)n1ccn(Cc2ccc(-c3ccccc3-c3nnn[nH]3)cn2)c1=O. The Morgan fingerprint density at radius 3 is 2.56 bits per heavy atom. The second-order valence-corrected chi connectivity index (χ2v) is 9.32. The van der Waals surface area contributed by atoms with Crippen LogP contribution in [0.25, 0.3) is 22.5 Å². The van der Waals surface area contributed by atoms with Gasteiger partial charge in [-0.05, 0) is 40.3 Å². The van der Waals surface area contributed by atoms with Crippen molar-refractivity contribution >= 4 is 5.97 Å². The van der Waals surface area contributed by atoms with E-state index in [0.717, 1.165) is 41.6 Å². The molecular formula is C26H29N7O3. The van der Waals surface area contributed by atoms with Crippen LogP contribution in [0.1, 0.15) is 44.8 Å². The zero-order valence-corrected chi connectivity index (χ0v) is 20.3. The Kier molecular flexibility index (Phi) is 6.49. The van der Waals surface area contributed by atoms with E-state index >= 15 is 0 Å². The highest BCUT2D eigenvalue weighted by Gasteiger charge is 2.57. The molecule has 0 bridgehead atoms. The van der Waals surface area contributed by atoms with Crippen LogP contribution < -0.4 is 5.69 Å². The predicted octanol–water partition coefficient (Wildman–Crippen LogP) is 3.64. The monoisotopic (exact) mass is 487 g/mol. The zero-order valence-electron chi connectivity index (χ0n) is 20.3. The van der Waals surface area contributed by atoms with Gasteiger partial charge in [-0.3, -0.25) is 18.9 Å². The molecule has 186 valence electrons. The fourth-order valence-corrected chi connectivity index (χ4v) is 5.48. The summed E-state index contributed by atoms with van der Waals surface area (Å²) in [5, 5.41) is 23.8. The molecule has 0 amide bonds. The van der Waals surface area contributed by atoms with Crippen molar-refractivity contribution in [3.05, 3.63) is 71.2 Å². The fourth-order valence-electron chi connectivity index (χ4n) is 5.48. The quantitative estimate of drug-likeness (QED) is 0.349. The third kappa shape index (κ3) is 4.34. The molecule has 1 aromatic carbocycles. The van der Waals surface area contributed by atoms with Crippen molar-refractivity contribution in [1.82, 2.24) is 34.7 Å². The standard InChI is InChI=1S/C26H29N7O3/c1-3-7-21(22-18(4-2)23(22)25(34)35)33-13-12-32(26(33)36)15-17-11-10-16(14-27-17)19-8-5-6-9-20(19)24-28-30-31-29-24/h5-6,8-14,18,21-23H,3-4,7,15H2,1-2H3,(H,34,35)(H,28,29,30,31). The lowest BCUT2D eigenvalue weighted by atomic mass is 10.0. The molecule has 4 atom stereocenters. The highest BCUT2D eigenvalue weighted by Crippen LogP contribution is 2.55. The lowest BCUT2D eigenvalue weighted by molar-refractivity contribution is -0.139. The Bertz CT molecular complexity index is 1390. The maximum absolute atomic E-state index is 13.3. The van der Waals surface area contributed by atoms with Crippen molar-refractivity contribution in [2.45, 2.75) is 45.7 Å². The van der Waals surface area contributed by atoms with Crippen LogP contribution in [0.5, 0.6) is 0 Å². The third-order valence-electron chi connectivity index (χ3n) is 7.24. The van der Waals surface area contributed by atoms with Crippen molar-refractivity contribution in [3.63, 3.8) is 0 Å². The van der Waals surface area contributed by atoms with Gasteiger partial charge in [0, 0.05) is 35.8 Å². The molecule has 3 heterocycles. The molecule has 4 aromatic rings. The molecule has 4 unspecified atom stereocenters. The second kappa shape index (κ2) is 9.88. The number of H-pyrrole nitrogens is 1. The molecule has 1 fully saturated rings. The summed E-state index contributed by atoms with van der Waals surface area (Å²) in [7, 11) is 0. The predicted molar refractivity (Wildman–Crippen MR) is 133 cm³/mol. The summed E-state index contributed by atoms with van der Waals surface area (Å²) < 4.78 is 3.37. The molecule has 3 aromatic heterocycles. The van der Waals surface area contributed by atoms with E-state index in [1.807, 2.05) is 43.3 Å². The van der Waals surface area contributed by atoms with Gasteiger partial charge < -0.3 is 5.11 Å². The highest BCUT2D eigenvalue weighted by atomic mass is 16.4. The molecule has 2 N–H and O–H groups in total.